The maximum atomic E-state index is 12.6. The van der Waals surface area contributed by atoms with Crippen molar-refractivity contribution < 1.29 is 17.9 Å². The van der Waals surface area contributed by atoms with E-state index in [1.807, 2.05) is 38.1 Å². The van der Waals surface area contributed by atoms with Gasteiger partial charge in [0.1, 0.15) is 5.75 Å². The normalized spacial score (nSPS) is 11.0. The first-order chi connectivity index (χ1) is 14.2. The average Bonchev–Trinajstić information content (AvgIpc) is 2.69. The van der Waals surface area contributed by atoms with Crippen LogP contribution in [-0.4, -0.2) is 20.9 Å². The van der Waals surface area contributed by atoms with E-state index in [0.29, 0.717) is 17.1 Å². The molecule has 0 aliphatic heterocycles. The molecule has 3 aromatic rings. The summed E-state index contributed by atoms with van der Waals surface area (Å²) in [4.78, 5) is 12.3. The molecule has 3 rings (SSSR count). The number of hydrogen-bond donors (Lipinski definition) is 2. The van der Waals surface area contributed by atoms with Crippen LogP contribution in [0.3, 0.4) is 0 Å². The van der Waals surface area contributed by atoms with E-state index in [0.717, 1.165) is 15.6 Å². The SMILES string of the molecule is Cc1ccccc1NS(=O)(=O)c1ccc(NC(=O)COc2ccc(Br)cc2C)cc1. The van der Waals surface area contributed by atoms with E-state index in [1.165, 1.54) is 24.3 Å². The maximum Gasteiger partial charge on any atom is 0.262 e. The molecule has 0 aliphatic carbocycles. The zero-order valence-electron chi connectivity index (χ0n) is 16.5. The molecule has 0 saturated heterocycles. The van der Waals surface area contributed by atoms with Gasteiger partial charge in [-0.2, -0.15) is 0 Å². The van der Waals surface area contributed by atoms with Gasteiger partial charge in [0.05, 0.1) is 10.6 Å². The van der Waals surface area contributed by atoms with Crippen molar-refractivity contribution in [3.8, 4) is 5.75 Å². The van der Waals surface area contributed by atoms with Crippen LogP contribution in [0.25, 0.3) is 0 Å². The minimum Gasteiger partial charge on any atom is -0.483 e. The molecule has 3 aromatic carbocycles. The highest BCUT2D eigenvalue weighted by Crippen LogP contribution is 2.23. The minimum atomic E-state index is -3.73. The van der Waals surface area contributed by atoms with Gasteiger partial charge in [-0.3, -0.25) is 9.52 Å². The molecule has 0 spiro atoms. The lowest BCUT2D eigenvalue weighted by atomic mass is 10.2. The molecule has 30 heavy (non-hydrogen) atoms. The van der Waals surface area contributed by atoms with Crippen molar-refractivity contribution in [2.45, 2.75) is 18.7 Å². The molecule has 2 N–H and O–H groups in total. The number of carbonyl (C=O) groups excluding carboxylic acids is 1. The standard InChI is InChI=1S/C22H21BrN2O4S/c1-15-5-3-4-6-20(15)25-30(27,28)19-10-8-18(9-11-19)24-22(26)14-29-21-12-7-17(23)13-16(21)2/h3-13,25H,14H2,1-2H3,(H,24,26). The number of rotatable bonds is 7. The highest BCUT2D eigenvalue weighted by Gasteiger charge is 2.15. The first kappa shape index (κ1) is 21.9. The molecule has 0 aliphatic rings. The molecule has 0 fully saturated rings. The van der Waals surface area contributed by atoms with Gasteiger partial charge in [0.15, 0.2) is 6.61 Å². The summed E-state index contributed by atoms with van der Waals surface area (Å²) in [5, 5.41) is 2.69. The van der Waals surface area contributed by atoms with Crippen molar-refractivity contribution in [1.29, 1.82) is 0 Å². The lowest BCUT2D eigenvalue weighted by molar-refractivity contribution is -0.118. The molecular formula is C22H21BrN2O4S. The Labute approximate surface area is 184 Å². The van der Waals surface area contributed by atoms with Gasteiger partial charge in [-0.25, -0.2) is 8.42 Å². The van der Waals surface area contributed by atoms with Crippen molar-refractivity contribution >= 4 is 43.2 Å². The van der Waals surface area contributed by atoms with Crippen molar-refractivity contribution in [3.63, 3.8) is 0 Å². The van der Waals surface area contributed by atoms with Crippen LogP contribution >= 0.6 is 15.9 Å². The second-order valence-electron chi connectivity index (χ2n) is 6.69. The summed E-state index contributed by atoms with van der Waals surface area (Å²) in [6.07, 6.45) is 0. The number of halogens is 1. The van der Waals surface area contributed by atoms with Gasteiger partial charge < -0.3 is 10.1 Å². The van der Waals surface area contributed by atoms with E-state index < -0.39 is 10.0 Å². The summed E-state index contributed by atoms with van der Waals surface area (Å²) >= 11 is 3.38. The Balaban J connectivity index is 1.61. The van der Waals surface area contributed by atoms with Crippen molar-refractivity contribution in [2.75, 3.05) is 16.6 Å². The number of aryl methyl sites for hydroxylation is 2. The number of hydrogen-bond acceptors (Lipinski definition) is 4. The second-order valence-corrected chi connectivity index (χ2v) is 9.29. The fourth-order valence-electron chi connectivity index (χ4n) is 2.72. The Bertz CT molecular complexity index is 1160. The summed E-state index contributed by atoms with van der Waals surface area (Å²) in [6.45, 7) is 3.56. The van der Waals surface area contributed by atoms with Crippen LogP contribution in [-0.2, 0) is 14.8 Å². The molecule has 0 bridgehead atoms. The van der Waals surface area contributed by atoms with E-state index in [2.05, 4.69) is 26.0 Å². The van der Waals surface area contributed by atoms with Crippen molar-refractivity contribution in [2.24, 2.45) is 0 Å². The third-order valence-corrected chi connectivity index (χ3v) is 6.21. The third-order valence-electron chi connectivity index (χ3n) is 4.33. The number of amides is 1. The molecule has 156 valence electrons. The highest BCUT2D eigenvalue weighted by atomic mass is 79.9. The number of anilines is 2. The molecular weight excluding hydrogens is 468 g/mol. The van der Waals surface area contributed by atoms with Crippen molar-refractivity contribution in [3.05, 3.63) is 82.3 Å². The second kappa shape index (κ2) is 9.32. The summed E-state index contributed by atoms with van der Waals surface area (Å²) in [5.41, 5.74) is 2.74. The van der Waals surface area contributed by atoms with Gasteiger partial charge in [-0.1, -0.05) is 34.1 Å². The number of para-hydroxylation sites is 1. The Kier molecular flexibility index (Phi) is 6.79. The summed E-state index contributed by atoms with van der Waals surface area (Å²) in [5.74, 6) is 0.281. The predicted molar refractivity (Wildman–Crippen MR) is 121 cm³/mol. The number of benzene rings is 3. The monoisotopic (exact) mass is 488 g/mol. The number of nitrogens with one attached hydrogen (secondary N) is 2. The smallest absolute Gasteiger partial charge is 0.262 e. The summed E-state index contributed by atoms with van der Waals surface area (Å²) in [6, 6.07) is 18.6. The summed E-state index contributed by atoms with van der Waals surface area (Å²) < 4.78 is 34.2. The van der Waals surface area contributed by atoms with E-state index in [9.17, 15) is 13.2 Å². The van der Waals surface area contributed by atoms with Gasteiger partial charge in [0, 0.05) is 10.2 Å². The molecule has 0 heterocycles. The number of carbonyl (C=O) groups is 1. The molecule has 1 amide bonds. The molecule has 0 aromatic heterocycles. The van der Waals surface area contributed by atoms with Crippen LogP contribution in [0.1, 0.15) is 11.1 Å². The van der Waals surface area contributed by atoms with Crippen LogP contribution in [0.15, 0.2) is 76.1 Å². The van der Waals surface area contributed by atoms with Gasteiger partial charge in [0.25, 0.3) is 15.9 Å². The predicted octanol–water partition coefficient (Wildman–Crippen LogP) is 4.88. The minimum absolute atomic E-state index is 0.102. The van der Waals surface area contributed by atoms with Crippen LogP contribution < -0.4 is 14.8 Å². The molecule has 6 nitrogen and oxygen atoms in total. The third kappa shape index (κ3) is 5.61. The Morgan fingerprint density at radius 1 is 0.967 bits per heavy atom. The molecule has 0 unspecified atom stereocenters. The van der Waals surface area contributed by atoms with Crippen LogP contribution in [0.4, 0.5) is 11.4 Å². The number of ether oxygens (including phenoxy) is 1. The maximum absolute atomic E-state index is 12.6. The largest absolute Gasteiger partial charge is 0.483 e. The van der Waals surface area contributed by atoms with E-state index in [4.69, 9.17) is 4.74 Å². The zero-order chi connectivity index (χ0) is 21.7. The van der Waals surface area contributed by atoms with Gasteiger partial charge in [0.2, 0.25) is 0 Å². The number of sulfonamides is 1. The molecule has 0 saturated carbocycles. The van der Waals surface area contributed by atoms with Gasteiger partial charge in [-0.15, -0.1) is 0 Å². The Hall–Kier alpha value is -2.84. The van der Waals surface area contributed by atoms with E-state index >= 15 is 0 Å². The first-order valence-electron chi connectivity index (χ1n) is 9.12. The topological polar surface area (TPSA) is 84.5 Å². The Morgan fingerprint density at radius 2 is 1.67 bits per heavy atom. The van der Waals surface area contributed by atoms with Crippen molar-refractivity contribution in [1.82, 2.24) is 0 Å². The van der Waals surface area contributed by atoms with Gasteiger partial charge in [-0.05, 0) is 73.5 Å². The Morgan fingerprint density at radius 3 is 2.33 bits per heavy atom. The molecule has 8 heteroatoms. The van der Waals surface area contributed by atoms with E-state index in [-0.39, 0.29) is 17.4 Å². The molecule has 0 radical (unpaired) electrons. The highest BCUT2D eigenvalue weighted by molar-refractivity contribution is 9.10. The van der Waals surface area contributed by atoms with Crippen LogP contribution in [0.2, 0.25) is 0 Å². The average molecular weight is 489 g/mol. The van der Waals surface area contributed by atoms with Gasteiger partial charge >= 0.3 is 0 Å². The lowest BCUT2D eigenvalue weighted by Crippen LogP contribution is -2.20. The molecule has 0 atom stereocenters. The first-order valence-corrected chi connectivity index (χ1v) is 11.4. The zero-order valence-corrected chi connectivity index (χ0v) is 18.9. The summed E-state index contributed by atoms with van der Waals surface area (Å²) in [7, 11) is -3.73. The van der Waals surface area contributed by atoms with Crippen LogP contribution in [0, 0.1) is 13.8 Å². The quantitative estimate of drug-likeness (QED) is 0.495. The lowest BCUT2D eigenvalue weighted by Gasteiger charge is -2.12. The van der Waals surface area contributed by atoms with Crippen LogP contribution in [0.5, 0.6) is 5.75 Å². The van der Waals surface area contributed by atoms with E-state index in [1.54, 1.807) is 18.2 Å². The fraction of sp³-hybridized carbons (Fsp3) is 0.136. The fourth-order valence-corrected chi connectivity index (χ4v) is 4.33.